The van der Waals surface area contributed by atoms with Crippen molar-refractivity contribution in [3.05, 3.63) is 34.2 Å². The highest BCUT2D eigenvalue weighted by Gasteiger charge is 2.29. The molecule has 0 saturated heterocycles. The van der Waals surface area contributed by atoms with E-state index < -0.39 is 17.3 Å². The quantitative estimate of drug-likeness (QED) is 0.821. The number of rotatable bonds is 6. The van der Waals surface area contributed by atoms with Crippen LogP contribution in [0.5, 0.6) is 11.5 Å². The van der Waals surface area contributed by atoms with E-state index in [0.717, 1.165) is 0 Å². The minimum Gasteiger partial charge on any atom is -0.496 e. The van der Waals surface area contributed by atoms with Gasteiger partial charge in [0, 0.05) is 31.2 Å². The number of methoxy groups -OCH3 is 3. The fourth-order valence-electron chi connectivity index (χ4n) is 2.58. The average molecular weight is 322 g/mol. The zero-order chi connectivity index (χ0) is 17.2. The van der Waals surface area contributed by atoms with E-state index in [0.29, 0.717) is 34.5 Å². The van der Waals surface area contributed by atoms with Crippen LogP contribution in [0.2, 0.25) is 0 Å². The second kappa shape index (κ2) is 6.60. The molecule has 0 spiro atoms. The molecule has 0 bridgehead atoms. The molecule has 0 aliphatic rings. The fraction of sp³-hybridized carbons (Fsp3) is 0.471. The molecule has 1 aromatic heterocycles. The minimum absolute atomic E-state index is 0.316. The summed E-state index contributed by atoms with van der Waals surface area (Å²) in [6.07, 6.45) is -0.185. The van der Waals surface area contributed by atoms with Crippen LogP contribution in [0.3, 0.4) is 0 Å². The van der Waals surface area contributed by atoms with Gasteiger partial charge < -0.3 is 23.7 Å². The third-order valence-corrected chi connectivity index (χ3v) is 3.83. The number of benzene rings is 1. The molecule has 0 aliphatic carbocycles. The van der Waals surface area contributed by atoms with E-state index in [1.807, 2.05) is 0 Å². The van der Waals surface area contributed by atoms with Crippen molar-refractivity contribution >= 4 is 11.0 Å². The molecule has 2 aromatic rings. The van der Waals surface area contributed by atoms with Crippen molar-refractivity contribution in [1.29, 1.82) is 0 Å². The molecule has 1 atom stereocenters. The summed E-state index contributed by atoms with van der Waals surface area (Å²) < 4.78 is 21.5. The first kappa shape index (κ1) is 17.3. The summed E-state index contributed by atoms with van der Waals surface area (Å²) >= 11 is 0. The molecule has 0 unspecified atom stereocenters. The van der Waals surface area contributed by atoms with Crippen LogP contribution >= 0.6 is 0 Å². The Bertz CT molecular complexity index is 741. The lowest BCUT2D eigenvalue weighted by atomic mass is 9.93. The molecule has 2 rings (SSSR count). The normalized spacial score (nSPS) is 13.1. The predicted molar refractivity (Wildman–Crippen MR) is 86.4 cm³/mol. The number of aliphatic hydroxyl groups is 1. The predicted octanol–water partition coefficient (Wildman–Crippen LogP) is 2.14. The van der Waals surface area contributed by atoms with Crippen molar-refractivity contribution in [2.24, 2.45) is 0 Å². The Labute approximate surface area is 134 Å². The molecule has 126 valence electrons. The zero-order valence-electron chi connectivity index (χ0n) is 14.0. The van der Waals surface area contributed by atoms with Crippen LogP contribution in [-0.2, 0) is 11.2 Å². The molecule has 1 aromatic carbocycles. The third kappa shape index (κ3) is 3.48. The standard InChI is InChI=1S/C17H22O6/c1-17(2,19)14(22-5)8-11-13(21-4)9-12(20-3)10-6-7-15(18)23-16(10)11/h6-7,9,14,19H,8H2,1-5H3/t14-/m1/s1. The number of hydrogen-bond donors (Lipinski definition) is 1. The molecule has 0 radical (unpaired) electrons. The Hall–Kier alpha value is -2.05. The summed E-state index contributed by atoms with van der Waals surface area (Å²) in [7, 11) is 4.59. The van der Waals surface area contributed by atoms with Gasteiger partial charge in [-0.2, -0.15) is 0 Å². The minimum atomic E-state index is -1.07. The lowest BCUT2D eigenvalue weighted by molar-refractivity contribution is -0.0689. The van der Waals surface area contributed by atoms with Crippen LogP contribution in [0, 0.1) is 0 Å². The monoisotopic (exact) mass is 322 g/mol. The van der Waals surface area contributed by atoms with E-state index in [2.05, 4.69) is 0 Å². The zero-order valence-corrected chi connectivity index (χ0v) is 14.0. The van der Waals surface area contributed by atoms with Gasteiger partial charge in [0.25, 0.3) is 0 Å². The van der Waals surface area contributed by atoms with Crippen molar-refractivity contribution in [3.63, 3.8) is 0 Å². The molecule has 6 nitrogen and oxygen atoms in total. The van der Waals surface area contributed by atoms with Crippen LogP contribution < -0.4 is 15.1 Å². The molecule has 1 N–H and O–H groups in total. The lowest BCUT2D eigenvalue weighted by Gasteiger charge is -2.28. The molecule has 23 heavy (non-hydrogen) atoms. The maximum absolute atomic E-state index is 11.7. The second-order valence-electron chi connectivity index (χ2n) is 5.84. The molecule has 0 fully saturated rings. The van der Waals surface area contributed by atoms with Crippen molar-refractivity contribution in [2.45, 2.75) is 32.0 Å². The Morgan fingerprint density at radius 3 is 2.35 bits per heavy atom. The maximum Gasteiger partial charge on any atom is 0.336 e. The van der Waals surface area contributed by atoms with Gasteiger partial charge in [-0.05, 0) is 19.9 Å². The van der Waals surface area contributed by atoms with Gasteiger partial charge in [0.05, 0.1) is 31.3 Å². The van der Waals surface area contributed by atoms with Gasteiger partial charge in [0.1, 0.15) is 17.1 Å². The highest BCUT2D eigenvalue weighted by molar-refractivity contribution is 5.88. The Morgan fingerprint density at radius 2 is 1.83 bits per heavy atom. The molecule has 1 heterocycles. The number of hydrogen-bond acceptors (Lipinski definition) is 6. The van der Waals surface area contributed by atoms with E-state index in [4.69, 9.17) is 18.6 Å². The summed E-state index contributed by atoms with van der Waals surface area (Å²) in [5.74, 6) is 1.05. The maximum atomic E-state index is 11.7. The average Bonchev–Trinajstić information content (AvgIpc) is 2.50. The van der Waals surface area contributed by atoms with Gasteiger partial charge in [-0.15, -0.1) is 0 Å². The van der Waals surface area contributed by atoms with Crippen molar-refractivity contribution in [1.82, 2.24) is 0 Å². The van der Waals surface area contributed by atoms with Crippen molar-refractivity contribution in [2.75, 3.05) is 21.3 Å². The van der Waals surface area contributed by atoms with E-state index in [1.165, 1.54) is 27.4 Å². The van der Waals surface area contributed by atoms with Crippen LogP contribution in [0.25, 0.3) is 11.0 Å². The summed E-state index contributed by atoms with van der Waals surface area (Å²) in [4.78, 5) is 11.7. The van der Waals surface area contributed by atoms with Gasteiger partial charge in [0.15, 0.2) is 0 Å². The highest BCUT2D eigenvalue weighted by atomic mass is 16.5. The highest BCUT2D eigenvalue weighted by Crippen LogP contribution is 2.36. The fourth-order valence-corrected chi connectivity index (χ4v) is 2.58. The number of ether oxygens (including phenoxy) is 3. The van der Waals surface area contributed by atoms with Gasteiger partial charge in [-0.1, -0.05) is 0 Å². The van der Waals surface area contributed by atoms with Gasteiger partial charge in [-0.3, -0.25) is 0 Å². The second-order valence-corrected chi connectivity index (χ2v) is 5.84. The van der Waals surface area contributed by atoms with Crippen LogP contribution in [0.1, 0.15) is 19.4 Å². The molecular weight excluding hydrogens is 300 g/mol. The Kier molecular flexibility index (Phi) is 4.97. The SMILES string of the molecule is COc1cc(OC)c2ccc(=O)oc2c1C[C@@H](OC)C(C)(C)O. The van der Waals surface area contributed by atoms with Crippen LogP contribution in [0.15, 0.2) is 27.4 Å². The largest absolute Gasteiger partial charge is 0.496 e. The van der Waals surface area contributed by atoms with Gasteiger partial charge >= 0.3 is 5.63 Å². The molecule has 0 aliphatic heterocycles. The van der Waals surface area contributed by atoms with Crippen molar-refractivity contribution in [3.8, 4) is 11.5 Å². The van der Waals surface area contributed by atoms with E-state index >= 15 is 0 Å². The smallest absolute Gasteiger partial charge is 0.336 e. The first-order chi connectivity index (χ1) is 10.8. The molecule has 6 heteroatoms. The third-order valence-electron chi connectivity index (χ3n) is 3.83. The number of fused-ring (bicyclic) bond motifs is 1. The summed E-state index contributed by atoms with van der Waals surface area (Å²) in [6, 6.07) is 4.72. The first-order valence-corrected chi connectivity index (χ1v) is 7.24. The molecular formula is C17H22O6. The summed E-state index contributed by atoms with van der Waals surface area (Å²) in [5, 5.41) is 10.9. The van der Waals surface area contributed by atoms with Crippen molar-refractivity contribution < 1.29 is 23.7 Å². The van der Waals surface area contributed by atoms with Gasteiger partial charge in [0.2, 0.25) is 0 Å². The Balaban J connectivity index is 2.70. The van der Waals surface area contributed by atoms with Crippen LogP contribution in [0.4, 0.5) is 0 Å². The Morgan fingerprint density at radius 1 is 1.17 bits per heavy atom. The van der Waals surface area contributed by atoms with E-state index in [-0.39, 0.29) is 0 Å². The molecule has 0 amide bonds. The summed E-state index contributed by atoms with van der Waals surface area (Å²) in [5.41, 5.74) is -0.512. The van der Waals surface area contributed by atoms with Gasteiger partial charge in [-0.25, -0.2) is 4.79 Å². The van der Waals surface area contributed by atoms with Crippen LogP contribution in [-0.4, -0.2) is 38.1 Å². The van der Waals surface area contributed by atoms with E-state index in [9.17, 15) is 9.90 Å². The first-order valence-electron chi connectivity index (χ1n) is 7.24. The molecule has 0 saturated carbocycles. The summed E-state index contributed by atoms with van der Waals surface area (Å²) in [6.45, 7) is 3.32. The topological polar surface area (TPSA) is 78.1 Å². The lowest BCUT2D eigenvalue weighted by Crippen LogP contribution is -2.39. The van der Waals surface area contributed by atoms with E-state index in [1.54, 1.807) is 26.0 Å².